The third kappa shape index (κ3) is 3.25. The second kappa shape index (κ2) is 6.98. The zero-order chi connectivity index (χ0) is 18.4. The lowest BCUT2D eigenvalue weighted by Crippen LogP contribution is -2.66. The molecule has 0 unspecified atom stereocenters. The van der Waals surface area contributed by atoms with Crippen LogP contribution in [0.15, 0.2) is 9.42 Å². The molecule has 0 aliphatic carbocycles. The Hall–Kier alpha value is -0.960. The highest BCUT2D eigenvalue weighted by Crippen LogP contribution is 2.36. The quantitative estimate of drug-likeness (QED) is 0.786. The highest BCUT2D eigenvalue weighted by molar-refractivity contribution is 7.89. The summed E-state index contributed by atoms with van der Waals surface area (Å²) in [5.74, 6) is 0.835. The van der Waals surface area contributed by atoms with Crippen molar-refractivity contribution >= 4 is 10.0 Å². The van der Waals surface area contributed by atoms with Crippen LogP contribution in [-0.2, 0) is 14.8 Å². The molecule has 1 aromatic heterocycles. The van der Waals surface area contributed by atoms with Crippen LogP contribution in [0.2, 0.25) is 0 Å². The van der Waals surface area contributed by atoms with E-state index in [0.29, 0.717) is 42.5 Å². The molecule has 3 heterocycles. The summed E-state index contributed by atoms with van der Waals surface area (Å²) in [6.07, 6.45) is 1.98. The van der Waals surface area contributed by atoms with Crippen LogP contribution in [0.1, 0.15) is 38.1 Å². The van der Waals surface area contributed by atoms with Crippen molar-refractivity contribution in [2.75, 3.05) is 26.7 Å². The second-order valence-corrected chi connectivity index (χ2v) is 9.32. The van der Waals surface area contributed by atoms with Gasteiger partial charge >= 0.3 is 0 Å². The van der Waals surface area contributed by atoms with Crippen LogP contribution in [0, 0.1) is 19.8 Å². The molecular formula is C17H29N3O4S. The van der Waals surface area contributed by atoms with Gasteiger partial charge in [-0.1, -0.05) is 5.16 Å². The van der Waals surface area contributed by atoms with Gasteiger partial charge in [0.25, 0.3) is 0 Å². The van der Waals surface area contributed by atoms with Crippen molar-refractivity contribution in [3.63, 3.8) is 0 Å². The molecule has 3 rings (SSSR count). The van der Waals surface area contributed by atoms with Crippen LogP contribution in [0.5, 0.6) is 0 Å². The Morgan fingerprint density at radius 2 is 1.88 bits per heavy atom. The number of aryl methyl sites for hydroxylation is 2. The molecule has 2 saturated heterocycles. The number of methoxy groups -OCH3 is 1. The summed E-state index contributed by atoms with van der Waals surface area (Å²) >= 11 is 0. The van der Waals surface area contributed by atoms with Crippen molar-refractivity contribution in [3.8, 4) is 0 Å². The lowest BCUT2D eigenvalue weighted by Gasteiger charge is -2.54. The molecule has 7 nitrogen and oxygen atoms in total. The zero-order valence-electron chi connectivity index (χ0n) is 15.7. The molecule has 142 valence electrons. The van der Waals surface area contributed by atoms with Crippen molar-refractivity contribution < 1.29 is 17.7 Å². The summed E-state index contributed by atoms with van der Waals surface area (Å²) < 4.78 is 38.1. The van der Waals surface area contributed by atoms with Gasteiger partial charge in [-0.05, 0) is 46.5 Å². The number of ether oxygens (including phenoxy) is 1. The Morgan fingerprint density at radius 1 is 1.24 bits per heavy atom. The summed E-state index contributed by atoms with van der Waals surface area (Å²) in [6, 6.07) is 0.884. The largest absolute Gasteiger partial charge is 0.378 e. The van der Waals surface area contributed by atoms with Crippen molar-refractivity contribution in [3.05, 3.63) is 11.5 Å². The topological polar surface area (TPSA) is 75.9 Å². The molecule has 0 saturated carbocycles. The average Bonchev–Trinajstić information content (AvgIpc) is 2.86. The first-order valence-corrected chi connectivity index (χ1v) is 10.4. The fraction of sp³-hybridized carbons (Fsp3) is 0.824. The maximum atomic E-state index is 12.9. The number of piperidine rings is 1. The number of rotatable bonds is 5. The van der Waals surface area contributed by atoms with E-state index in [-0.39, 0.29) is 11.0 Å². The maximum absolute atomic E-state index is 12.9. The van der Waals surface area contributed by atoms with Crippen LogP contribution >= 0.6 is 0 Å². The molecule has 2 atom stereocenters. The normalized spacial score (nSPS) is 27.0. The van der Waals surface area contributed by atoms with E-state index in [2.05, 4.69) is 23.9 Å². The minimum Gasteiger partial charge on any atom is -0.378 e. The summed E-state index contributed by atoms with van der Waals surface area (Å²) in [5.41, 5.74) is 0.434. The molecule has 0 radical (unpaired) electrons. The van der Waals surface area contributed by atoms with Gasteiger partial charge < -0.3 is 9.26 Å². The molecule has 8 heteroatoms. The second-order valence-electron chi connectivity index (χ2n) is 7.45. The molecule has 2 aliphatic heterocycles. The van der Waals surface area contributed by atoms with Crippen molar-refractivity contribution in [1.82, 2.24) is 14.4 Å². The van der Waals surface area contributed by atoms with Gasteiger partial charge in [0, 0.05) is 38.8 Å². The third-order valence-corrected chi connectivity index (χ3v) is 7.81. The van der Waals surface area contributed by atoms with E-state index in [0.717, 1.165) is 19.4 Å². The summed E-state index contributed by atoms with van der Waals surface area (Å²) in [4.78, 5) is 2.70. The molecule has 25 heavy (non-hydrogen) atoms. The van der Waals surface area contributed by atoms with E-state index in [1.54, 1.807) is 25.3 Å². The number of aromatic nitrogens is 1. The first kappa shape index (κ1) is 18.8. The Balaban J connectivity index is 1.70. The van der Waals surface area contributed by atoms with E-state index in [9.17, 15) is 8.42 Å². The summed E-state index contributed by atoms with van der Waals surface area (Å²) in [7, 11) is -1.76. The maximum Gasteiger partial charge on any atom is 0.248 e. The predicted molar refractivity (Wildman–Crippen MR) is 93.9 cm³/mol. The molecule has 2 fully saturated rings. The van der Waals surface area contributed by atoms with E-state index >= 15 is 0 Å². The first-order chi connectivity index (χ1) is 11.8. The predicted octanol–water partition coefficient (Wildman–Crippen LogP) is 1.80. The van der Waals surface area contributed by atoms with Crippen molar-refractivity contribution in [1.29, 1.82) is 0 Å². The molecule has 0 N–H and O–H groups in total. The summed E-state index contributed by atoms with van der Waals surface area (Å²) in [5, 5.41) is 3.79. The molecular weight excluding hydrogens is 342 g/mol. The fourth-order valence-corrected chi connectivity index (χ4v) is 6.05. The van der Waals surface area contributed by atoms with E-state index < -0.39 is 10.0 Å². The molecule has 1 aromatic rings. The SMILES string of the molecule is CO[C@H]1CN(C(C)C)[C@H]1C1CCN(S(=O)(=O)c2c(C)noc2C)CC1. The Bertz CT molecular complexity index is 688. The van der Waals surface area contributed by atoms with Gasteiger partial charge in [-0.15, -0.1) is 0 Å². The van der Waals surface area contributed by atoms with Gasteiger partial charge in [0.15, 0.2) is 5.76 Å². The Labute approximate surface area is 150 Å². The highest BCUT2D eigenvalue weighted by atomic mass is 32.2. The lowest BCUT2D eigenvalue weighted by molar-refractivity contribution is -0.127. The number of likely N-dealkylation sites (tertiary alicyclic amines) is 1. The average molecular weight is 372 g/mol. The van der Waals surface area contributed by atoms with Crippen LogP contribution in [0.4, 0.5) is 0 Å². The lowest BCUT2D eigenvalue weighted by atomic mass is 9.80. The number of hydrogen-bond donors (Lipinski definition) is 0. The van der Waals surface area contributed by atoms with E-state index in [1.807, 2.05) is 0 Å². The zero-order valence-corrected chi connectivity index (χ0v) is 16.5. The number of hydrogen-bond acceptors (Lipinski definition) is 6. The molecule has 0 aromatic carbocycles. The van der Waals surface area contributed by atoms with Gasteiger partial charge in [0.05, 0.1) is 6.10 Å². The van der Waals surface area contributed by atoms with Crippen LogP contribution in [0.25, 0.3) is 0 Å². The van der Waals surface area contributed by atoms with Gasteiger partial charge in [0.1, 0.15) is 10.6 Å². The highest BCUT2D eigenvalue weighted by Gasteiger charge is 2.46. The van der Waals surface area contributed by atoms with Gasteiger partial charge in [-0.2, -0.15) is 4.31 Å². The monoisotopic (exact) mass is 371 g/mol. The Kier molecular flexibility index (Phi) is 5.26. The third-order valence-electron chi connectivity index (χ3n) is 5.67. The van der Waals surface area contributed by atoms with Crippen molar-refractivity contribution in [2.24, 2.45) is 5.92 Å². The van der Waals surface area contributed by atoms with Crippen molar-refractivity contribution in [2.45, 2.75) is 63.6 Å². The Morgan fingerprint density at radius 3 is 2.36 bits per heavy atom. The smallest absolute Gasteiger partial charge is 0.248 e. The van der Waals surface area contributed by atoms with Crippen LogP contribution in [-0.4, -0.2) is 67.7 Å². The van der Waals surface area contributed by atoms with Crippen LogP contribution in [0.3, 0.4) is 0 Å². The summed E-state index contributed by atoms with van der Waals surface area (Å²) in [6.45, 7) is 9.78. The first-order valence-electron chi connectivity index (χ1n) is 8.99. The number of nitrogens with zero attached hydrogens (tertiary/aromatic N) is 3. The standard InChI is InChI=1S/C17H29N3O4S/c1-11(2)20-10-15(23-5)16(20)14-6-8-19(9-7-14)25(21,22)17-12(3)18-24-13(17)4/h11,14-16H,6-10H2,1-5H3/t15-,16-/m0/s1. The van der Waals surface area contributed by atoms with E-state index in [1.165, 1.54) is 0 Å². The minimum absolute atomic E-state index is 0.230. The van der Waals surface area contributed by atoms with Gasteiger partial charge in [-0.25, -0.2) is 8.42 Å². The van der Waals surface area contributed by atoms with Gasteiger partial charge in [0.2, 0.25) is 10.0 Å². The molecule has 0 spiro atoms. The van der Waals surface area contributed by atoms with E-state index in [4.69, 9.17) is 9.26 Å². The number of sulfonamides is 1. The molecule has 2 aliphatic rings. The van der Waals surface area contributed by atoms with Gasteiger partial charge in [-0.3, -0.25) is 4.90 Å². The van der Waals surface area contributed by atoms with Crippen LogP contribution < -0.4 is 0 Å². The molecule has 0 amide bonds. The minimum atomic E-state index is -3.53. The molecule has 0 bridgehead atoms. The fourth-order valence-electron chi connectivity index (χ4n) is 4.29.